The van der Waals surface area contributed by atoms with Gasteiger partial charge in [-0.15, -0.1) is 0 Å². The maximum absolute atomic E-state index is 11.7. The van der Waals surface area contributed by atoms with Gasteiger partial charge < -0.3 is 19.3 Å². The third-order valence-electron chi connectivity index (χ3n) is 5.06. The highest BCUT2D eigenvalue weighted by molar-refractivity contribution is 5.96. The Labute approximate surface area is 164 Å². The minimum Gasteiger partial charge on any atom is -0.497 e. The Bertz CT molecular complexity index is 992. The lowest BCUT2D eigenvalue weighted by atomic mass is 9.83. The van der Waals surface area contributed by atoms with E-state index in [9.17, 15) is 9.90 Å². The second kappa shape index (κ2) is 8.21. The van der Waals surface area contributed by atoms with Crippen molar-refractivity contribution in [3.63, 3.8) is 0 Å². The van der Waals surface area contributed by atoms with Gasteiger partial charge in [0.05, 0.1) is 27.8 Å². The molecule has 0 heterocycles. The van der Waals surface area contributed by atoms with Crippen molar-refractivity contribution in [2.75, 3.05) is 21.3 Å². The molecule has 0 aliphatic heterocycles. The molecule has 146 valence electrons. The number of rotatable bonds is 7. The van der Waals surface area contributed by atoms with E-state index >= 15 is 0 Å². The number of benzene rings is 3. The first kappa shape index (κ1) is 19.5. The monoisotopic (exact) mass is 380 g/mol. The zero-order chi connectivity index (χ0) is 20.3. The molecule has 0 saturated heterocycles. The van der Waals surface area contributed by atoms with Gasteiger partial charge in [0.1, 0.15) is 17.2 Å². The summed E-state index contributed by atoms with van der Waals surface area (Å²) in [4.78, 5) is 11.7. The smallest absolute Gasteiger partial charge is 0.304 e. The van der Waals surface area contributed by atoms with Crippen molar-refractivity contribution in [3.05, 3.63) is 65.2 Å². The van der Waals surface area contributed by atoms with E-state index in [0.29, 0.717) is 5.75 Å². The molecule has 0 aliphatic carbocycles. The molecule has 0 aliphatic rings. The summed E-state index contributed by atoms with van der Waals surface area (Å²) in [5, 5.41) is 11.4. The third-order valence-corrected chi connectivity index (χ3v) is 5.06. The summed E-state index contributed by atoms with van der Waals surface area (Å²) in [5.74, 6) is 0.857. The van der Waals surface area contributed by atoms with Crippen LogP contribution < -0.4 is 14.2 Å². The molecule has 3 aromatic carbocycles. The Morgan fingerprint density at radius 3 is 1.96 bits per heavy atom. The summed E-state index contributed by atoms with van der Waals surface area (Å²) in [5.41, 5.74) is 2.58. The van der Waals surface area contributed by atoms with Crippen LogP contribution in [0.2, 0.25) is 0 Å². The summed E-state index contributed by atoms with van der Waals surface area (Å²) in [7, 11) is 4.85. The predicted molar refractivity (Wildman–Crippen MR) is 109 cm³/mol. The zero-order valence-electron chi connectivity index (χ0n) is 16.5. The molecule has 3 aromatic rings. The van der Waals surface area contributed by atoms with Gasteiger partial charge in [0, 0.05) is 22.3 Å². The van der Waals surface area contributed by atoms with Crippen LogP contribution in [0.15, 0.2) is 48.5 Å². The first-order chi connectivity index (χ1) is 13.5. The van der Waals surface area contributed by atoms with Crippen LogP contribution in [0.25, 0.3) is 10.8 Å². The first-order valence-corrected chi connectivity index (χ1v) is 9.00. The normalized spacial score (nSPS) is 11.9. The van der Waals surface area contributed by atoms with E-state index in [2.05, 4.69) is 0 Å². The van der Waals surface area contributed by atoms with Gasteiger partial charge in [0.15, 0.2) is 0 Å². The number of fused-ring (bicyclic) bond motifs is 1. The van der Waals surface area contributed by atoms with E-state index in [1.165, 1.54) is 0 Å². The van der Waals surface area contributed by atoms with Crippen molar-refractivity contribution in [2.24, 2.45) is 0 Å². The van der Waals surface area contributed by atoms with Gasteiger partial charge in [0.2, 0.25) is 0 Å². The third kappa shape index (κ3) is 3.48. The summed E-state index contributed by atoms with van der Waals surface area (Å²) in [6.07, 6.45) is -0.0645. The molecular weight excluding hydrogens is 356 g/mol. The number of ether oxygens (including phenoxy) is 3. The quantitative estimate of drug-likeness (QED) is 0.639. The molecule has 1 N–H and O–H groups in total. The van der Waals surface area contributed by atoms with Crippen LogP contribution >= 0.6 is 0 Å². The van der Waals surface area contributed by atoms with Crippen LogP contribution in [-0.2, 0) is 4.79 Å². The molecule has 5 heteroatoms. The van der Waals surface area contributed by atoms with E-state index in [-0.39, 0.29) is 6.42 Å². The molecule has 3 rings (SSSR count). The van der Waals surface area contributed by atoms with E-state index < -0.39 is 11.9 Å². The van der Waals surface area contributed by atoms with E-state index in [4.69, 9.17) is 14.2 Å². The zero-order valence-corrected chi connectivity index (χ0v) is 16.5. The Morgan fingerprint density at radius 2 is 1.46 bits per heavy atom. The van der Waals surface area contributed by atoms with Gasteiger partial charge in [0.25, 0.3) is 0 Å². The van der Waals surface area contributed by atoms with Crippen LogP contribution in [0.3, 0.4) is 0 Å². The van der Waals surface area contributed by atoms with E-state index in [0.717, 1.165) is 39.0 Å². The Kier molecular flexibility index (Phi) is 5.73. The Morgan fingerprint density at radius 1 is 0.893 bits per heavy atom. The highest BCUT2D eigenvalue weighted by Gasteiger charge is 2.27. The molecule has 0 amide bonds. The maximum Gasteiger partial charge on any atom is 0.304 e. The standard InChI is InChI=1S/C23H24O5/c1-14-21(19(13-20(24)25)15-9-11-16(26-2)12-10-15)23(28-4)18-8-6-5-7-17(18)22(14)27-3/h5-12,19H,13H2,1-4H3,(H,24,25)/t19-/m1/s1. The Balaban J connectivity index is 2.32. The molecule has 5 nitrogen and oxygen atoms in total. The maximum atomic E-state index is 11.7. The van der Waals surface area contributed by atoms with Crippen molar-refractivity contribution in [2.45, 2.75) is 19.3 Å². The van der Waals surface area contributed by atoms with Crippen LogP contribution in [0.4, 0.5) is 0 Å². The van der Waals surface area contributed by atoms with Crippen molar-refractivity contribution in [1.29, 1.82) is 0 Å². The minimum atomic E-state index is -0.880. The summed E-state index contributed by atoms with van der Waals surface area (Å²) in [6, 6.07) is 15.3. The van der Waals surface area contributed by atoms with Crippen molar-refractivity contribution >= 4 is 16.7 Å². The first-order valence-electron chi connectivity index (χ1n) is 9.00. The summed E-state index contributed by atoms with van der Waals surface area (Å²) in [6.45, 7) is 1.95. The van der Waals surface area contributed by atoms with Crippen molar-refractivity contribution in [3.8, 4) is 17.2 Å². The number of carbonyl (C=O) groups is 1. The average Bonchev–Trinajstić information content (AvgIpc) is 2.71. The van der Waals surface area contributed by atoms with Crippen molar-refractivity contribution in [1.82, 2.24) is 0 Å². The highest BCUT2D eigenvalue weighted by atomic mass is 16.5. The molecule has 0 saturated carbocycles. The summed E-state index contributed by atoms with van der Waals surface area (Å²) < 4.78 is 16.7. The van der Waals surface area contributed by atoms with Crippen LogP contribution in [0.1, 0.15) is 29.0 Å². The van der Waals surface area contributed by atoms with Gasteiger partial charge in [-0.25, -0.2) is 0 Å². The predicted octanol–water partition coefficient (Wildman–Crippen LogP) is 4.78. The second-order valence-corrected chi connectivity index (χ2v) is 6.57. The van der Waals surface area contributed by atoms with Crippen LogP contribution in [0.5, 0.6) is 17.2 Å². The lowest BCUT2D eigenvalue weighted by Crippen LogP contribution is -2.12. The number of hydrogen-bond donors (Lipinski definition) is 1. The SMILES string of the molecule is COc1ccc([C@@H](CC(=O)O)c2c(C)c(OC)c3ccccc3c2OC)cc1. The minimum absolute atomic E-state index is 0.0645. The number of carboxylic acids is 1. The topological polar surface area (TPSA) is 65.0 Å². The lowest BCUT2D eigenvalue weighted by Gasteiger charge is -2.25. The number of aliphatic carboxylic acids is 1. The average molecular weight is 380 g/mol. The molecule has 0 fully saturated rings. The van der Waals surface area contributed by atoms with Crippen molar-refractivity contribution < 1.29 is 24.1 Å². The Hall–Kier alpha value is -3.21. The second-order valence-electron chi connectivity index (χ2n) is 6.57. The molecule has 28 heavy (non-hydrogen) atoms. The number of methoxy groups -OCH3 is 3. The fourth-order valence-electron chi connectivity index (χ4n) is 3.82. The molecule has 0 bridgehead atoms. The van der Waals surface area contributed by atoms with Gasteiger partial charge in [-0.3, -0.25) is 4.79 Å². The summed E-state index contributed by atoms with van der Waals surface area (Å²) >= 11 is 0. The number of carboxylic acid groups (broad SMARTS) is 1. The molecule has 0 radical (unpaired) electrons. The van der Waals surface area contributed by atoms with E-state index in [1.54, 1.807) is 21.3 Å². The largest absolute Gasteiger partial charge is 0.497 e. The van der Waals surface area contributed by atoms with Gasteiger partial charge >= 0.3 is 5.97 Å². The molecule has 0 aromatic heterocycles. The fourth-order valence-corrected chi connectivity index (χ4v) is 3.82. The van der Waals surface area contributed by atoms with Gasteiger partial charge in [-0.1, -0.05) is 36.4 Å². The molecule has 1 atom stereocenters. The fraction of sp³-hybridized carbons (Fsp3) is 0.261. The lowest BCUT2D eigenvalue weighted by molar-refractivity contribution is -0.137. The van der Waals surface area contributed by atoms with Gasteiger partial charge in [-0.05, 0) is 30.2 Å². The highest BCUT2D eigenvalue weighted by Crippen LogP contribution is 2.46. The van der Waals surface area contributed by atoms with Gasteiger partial charge in [-0.2, -0.15) is 0 Å². The van der Waals surface area contributed by atoms with E-state index in [1.807, 2.05) is 55.5 Å². The molecule has 0 unspecified atom stereocenters. The number of hydrogen-bond acceptors (Lipinski definition) is 4. The van der Waals surface area contributed by atoms with Crippen LogP contribution in [-0.4, -0.2) is 32.4 Å². The van der Waals surface area contributed by atoms with Crippen LogP contribution in [0, 0.1) is 6.92 Å². The molecular formula is C23H24O5. The molecule has 0 spiro atoms.